The van der Waals surface area contributed by atoms with Gasteiger partial charge in [-0.05, 0) is 51.2 Å². The zero-order valence-electron chi connectivity index (χ0n) is 11.1. The first-order chi connectivity index (χ1) is 8.62. The van der Waals surface area contributed by atoms with Crippen molar-refractivity contribution < 1.29 is 8.42 Å². The van der Waals surface area contributed by atoms with E-state index < -0.39 is 9.84 Å². The van der Waals surface area contributed by atoms with Gasteiger partial charge in [0.2, 0.25) is 0 Å². The average molecular weight is 272 g/mol. The van der Waals surface area contributed by atoms with E-state index in [1.807, 2.05) is 0 Å². The monoisotopic (exact) mass is 272 g/mol. The quantitative estimate of drug-likeness (QED) is 0.738. The largest absolute Gasteiger partial charge is 0.301 e. The SMILES string of the molecule is O=S1(=O)CCC(CN2CCCN3CCCC3C2)C1. The zero-order valence-corrected chi connectivity index (χ0v) is 11.9. The van der Waals surface area contributed by atoms with Gasteiger partial charge in [-0.2, -0.15) is 0 Å². The molecule has 2 unspecified atom stereocenters. The van der Waals surface area contributed by atoms with Gasteiger partial charge in [-0.15, -0.1) is 0 Å². The highest BCUT2D eigenvalue weighted by Gasteiger charge is 2.32. The van der Waals surface area contributed by atoms with Crippen molar-refractivity contribution in [2.45, 2.75) is 31.7 Å². The van der Waals surface area contributed by atoms with E-state index >= 15 is 0 Å². The van der Waals surface area contributed by atoms with Crippen LogP contribution in [0.1, 0.15) is 25.7 Å². The minimum atomic E-state index is -2.71. The van der Waals surface area contributed by atoms with Crippen molar-refractivity contribution >= 4 is 9.84 Å². The van der Waals surface area contributed by atoms with Crippen LogP contribution in [-0.2, 0) is 9.84 Å². The topological polar surface area (TPSA) is 40.6 Å². The summed E-state index contributed by atoms with van der Waals surface area (Å²) in [5, 5.41) is 0. The minimum Gasteiger partial charge on any atom is -0.301 e. The Morgan fingerprint density at radius 1 is 1.06 bits per heavy atom. The normalized spacial score (nSPS) is 37.6. The van der Waals surface area contributed by atoms with Crippen LogP contribution in [0.25, 0.3) is 0 Å². The van der Waals surface area contributed by atoms with Crippen LogP contribution in [0.3, 0.4) is 0 Å². The first-order valence-corrected chi connectivity index (χ1v) is 9.11. The Balaban J connectivity index is 1.56. The standard InChI is InChI=1S/C13H24N2O2S/c16-18(17)8-4-12(11-18)9-14-5-2-7-15-6-1-3-13(15)10-14/h12-13H,1-11H2. The minimum absolute atomic E-state index is 0.392. The van der Waals surface area contributed by atoms with Crippen LogP contribution >= 0.6 is 0 Å². The Bertz CT molecular complexity index is 396. The number of nitrogens with zero attached hydrogens (tertiary/aromatic N) is 2. The van der Waals surface area contributed by atoms with Crippen LogP contribution in [0, 0.1) is 5.92 Å². The van der Waals surface area contributed by atoms with Crippen LogP contribution in [0.2, 0.25) is 0 Å². The van der Waals surface area contributed by atoms with Gasteiger partial charge in [-0.1, -0.05) is 0 Å². The van der Waals surface area contributed by atoms with Crippen molar-refractivity contribution in [1.82, 2.24) is 9.80 Å². The highest BCUT2D eigenvalue weighted by atomic mass is 32.2. The Labute approximate surface area is 110 Å². The molecule has 0 amide bonds. The summed E-state index contributed by atoms with van der Waals surface area (Å²) in [5.41, 5.74) is 0. The van der Waals surface area contributed by atoms with Gasteiger partial charge >= 0.3 is 0 Å². The van der Waals surface area contributed by atoms with Crippen molar-refractivity contribution in [1.29, 1.82) is 0 Å². The van der Waals surface area contributed by atoms with Gasteiger partial charge < -0.3 is 4.90 Å². The van der Waals surface area contributed by atoms with Gasteiger partial charge in [0.25, 0.3) is 0 Å². The molecule has 5 heteroatoms. The Kier molecular flexibility index (Phi) is 3.65. The first kappa shape index (κ1) is 12.9. The maximum atomic E-state index is 11.5. The number of fused-ring (bicyclic) bond motifs is 1. The molecule has 3 rings (SSSR count). The molecule has 0 saturated carbocycles. The van der Waals surface area contributed by atoms with Crippen LogP contribution in [0.4, 0.5) is 0 Å². The van der Waals surface area contributed by atoms with Gasteiger partial charge in [0.1, 0.15) is 0 Å². The summed E-state index contributed by atoms with van der Waals surface area (Å²) in [6, 6.07) is 0.741. The number of hydrogen-bond acceptors (Lipinski definition) is 4. The van der Waals surface area contributed by atoms with Crippen molar-refractivity contribution in [2.75, 3.05) is 44.2 Å². The van der Waals surface area contributed by atoms with Gasteiger partial charge in [0, 0.05) is 19.1 Å². The summed E-state index contributed by atoms with van der Waals surface area (Å²) in [4.78, 5) is 5.16. The Morgan fingerprint density at radius 2 is 1.89 bits per heavy atom. The van der Waals surface area contributed by atoms with Crippen LogP contribution in [-0.4, -0.2) is 68.5 Å². The van der Waals surface area contributed by atoms with Gasteiger partial charge in [0.05, 0.1) is 11.5 Å². The highest BCUT2D eigenvalue weighted by molar-refractivity contribution is 7.91. The van der Waals surface area contributed by atoms with Gasteiger partial charge in [0.15, 0.2) is 9.84 Å². The van der Waals surface area contributed by atoms with E-state index in [9.17, 15) is 8.42 Å². The molecule has 0 bridgehead atoms. The lowest BCUT2D eigenvalue weighted by Gasteiger charge is -2.27. The second-order valence-corrected chi connectivity index (χ2v) is 8.44. The lowest BCUT2D eigenvalue weighted by atomic mass is 10.1. The van der Waals surface area contributed by atoms with Crippen molar-refractivity contribution in [2.24, 2.45) is 5.92 Å². The second kappa shape index (κ2) is 5.10. The first-order valence-electron chi connectivity index (χ1n) is 7.29. The Hall–Kier alpha value is -0.130. The summed E-state index contributed by atoms with van der Waals surface area (Å²) >= 11 is 0. The van der Waals surface area contributed by atoms with Crippen molar-refractivity contribution in [3.8, 4) is 0 Å². The molecule has 104 valence electrons. The number of sulfone groups is 1. The molecule has 0 radical (unpaired) electrons. The molecule has 0 aromatic heterocycles. The Morgan fingerprint density at radius 3 is 2.67 bits per heavy atom. The molecule has 18 heavy (non-hydrogen) atoms. The third kappa shape index (κ3) is 2.89. The second-order valence-electron chi connectivity index (χ2n) is 6.21. The van der Waals surface area contributed by atoms with E-state index in [1.54, 1.807) is 0 Å². The third-order valence-electron chi connectivity index (χ3n) is 4.73. The molecule has 3 saturated heterocycles. The van der Waals surface area contributed by atoms with E-state index in [-0.39, 0.29) is 0 Å². The molecule has 0 spiro atoms. The molecule has 0 N–H and O–H groups in total. The summed E-state index contributed by atoms with van der Waals surface area (Å²) in [5.74, 6) is 1.24. The number of hydrogen-bond donors (Lipinski definition) is 0. The molecule has 2 atom stereocenters. The fraction of sp³-hybridized carbons (Fsp3) is 1.00. The molecule has 3 heterocycles. The lowest BCUT2D eigenvalue weighted by Crippen LogP contribution is -2.38. The van der Waals surface area contributed by atoms with Crippen molar-refractivity contribution in [3.63, 3.8) is 0 Å². The van der Waals surface area contributed by atoms with E-state index in [4.69, 9.17) is 0 Å². The summed E-state index contributed by atoms with van der Waals surface area (Å²) in [6.07, 6.45) is 4.80. The van der Waals surface area contributed by atoms with E-state index in [0.29, 0.717) is 17.4 Å². The third-order valence-corrected chi connectivity index (χ3v) is 6.57. The predicted octanol–water partition coefficient (Wildman–Crippen LogP) is 0.591. The number of rotatable bonds is 2. The maximum absolute atomic E-state index is 11.5. The molecule has 0 aliphatic carbocycles. The van der Waals surface area contributed by atoms with Crippen LogP contribution < -0.4 is 0 Å². The molecule has 0 aromatic carbocycles. The lowest BCUT2D eigenvalue weighted by molar-refractivity contribution is 0.203. The molecular weight excluding hydrogens is 248 g/mol. The predicted molar refractivity (Wildman–Crippen MR) is 72.4 cm³/mol. The van der Waals surface area contributed by atoms with Gasteiger partial charge in [-0.25, -0.2) is 8.42 Å². The molecule has 3 aliphatic heterocycles. The molecule has 3 aliphatic rings. The highest BCUT2D eigenvalue weighted by Crippen LogP contribution is 2.24. The molecule has 0 aromatic rings. The van der Waals surface area contributed by atoms with Crippen LogP contribution in [0.15, 0.2) is 0 Å². The van der Waals surface area contributed by atoms with Crippen molar-refractivity contribution in [3.05, 3.63) is 0 Å². The molecule has 4 nitrogen and oxygen atoms in total. The fourth-order valence-electron chi connectivity index (χ4n) is 3.83. The smallest absolute Gasteiger partial charge is 0.150 e. The average Bonchev–Trinajstić information content (AvgIpc) is 2.81. The summed E-state index contributed by atoms with van der Waals surface area (Å²) in [7, 11) is -2.71. The molecular formula is C13H24N2O2S. The van der Waals surface area contributed by atoms with E-state index in [0.717, 1.165) is 32.1 Å². The fourth-order valence-corrected chi connectivity index (χ4v) is 5.68. The van der Waals surface area contributed by atoms with Crippen LogP contribution in [0.5, 0.6) is 0 Å². The van der Waals surface area contributed by atoms with E-state index in [2.05, 4.69) is 9.80 Å². The van der Waals surface area contributed by atoms with Gasteiger partial charge in [-0.3, -0.25) is 4.90 Å². The van der Waals surface area contributed by atoms with E-state index in [1.165, 1.54) is 32.4 Å². The summed E-state index contributed by atoms with van der Waals surface area (Å²) in [6.45, 7) is 5.84. The zero-order chi connectivity index (χ0) is 12.6. The molecule has 3 fully saturated rings. The summed E-state index contributed by atoms with van der Waals surface area (Å²) < 4.78 is 23.0. The maximum Gasteiger partial charge on any atom is 0.150 e.